The van der Waals surface area contributed by atoms with Gasteiger partial charge >= 0.3 is 19.8 Å². The molecule has 0 unspecified atom stereocenters. The number of aliphatic hydroxyl groups excluding tert-OH is 1. The van der Waals surface area contributed by atoms with E-state index in [1.54, 1.807) is 34.6 Å². The summed E-state index contributed by atoms with van der Waals surface area (Å²) < 4.78 is 46.3. The first-order valence-electron chi connectivity index (χ1n) is 12.6. The first kappa shape index (κ1) is 31.8. The van der Waals surface area contributed by atoms with Gasteiger partial charge in [0, 0.05) is 0 Å². The third kappa shape index (κ3) is 6.60. The van der Waals surface area contributed by atoms with Crippen molar-refractivity contribution in [2.45, 2.75) is 71.5 Å². The number of anilines is 1. The lowest BCUT2D eigenvalue weighted by atomic mass is 9.85. The van der Waals surface area contributed by atoms with Crippen LogP contribution in [-0.2, 0) is 41.9 Å². The number of nitrogens with zero attached hydrogens (tertiary/aromatic N) is 4. The number of hydrogen-bond acceptors (Lipinski definition) is 15. The van der Waals surface area contributed by atoms with E-state index in [9.17, 15) is 24.4 Å². The van der Waals surface area contributed by atoms with Crippen molar-refractivity contribution in [3.05, 3.63) is 12.7 Å². The van der Waals surface area contributed by atoms with Gasteiger partial charge in [0.15, 0.2) is 17.7 Å². The molecule has 1 aliphatic rings. The molecule has 1 aliphatic heterocycles. The van der Waals surface area contributed by atoms with Crippen molar-refractivity contribution in [2.75, 3.05) is 25.9 Å². The maximum absolute atomic E-state index is 13.4. The number of ether oxygens (including phenoxy) is 3. The molecule has 17 heteroatoms. The van der Waals surface area contributed by atoms with Gasteiger partial charge in [-0.3, -0.25) is 18.7 Å². The Bertz CT molecular complexity index is 1230. The molecular formula is C23H36N5O11P. The normalized spacial score (nSPS) is 25.1. The van der Waals surface area contributed by atoms with Crippen LogP contribution in [0.1, 0.15) is 54.2 Å². The predicted molar refractivity (Wildman–Crippen MR) is 137 cm³/mol. The van der Waals surface area contributed by atoms with Crippen molar-refractivity contribution in [1.82, 2.24) is 19.5 Å². The summed E-state index contributed by atoms with van der Waals surface area (Å²) in [7, 11) is -4.57. The average Bonchev–Trinajstić information content (AvgIpc) is 3.42. The van der Waals surface area contributed by atoms with Crippen LogP contribution in [0.5, 0.6) is 0 Å². The highest BCUT2D eigenvalue weighted by atomic mass is 31.2. The minimum Gasteiger partial charge on any atom is -0.438 e. The lowest BCUT2D eigenvalue weighted by molar-refractivity contribution is -0.159. The molecule has 2 aromatic heterocycles. The molecule has 3 rings (SSSR count). The zero-order valence-electron chi connectivity index (χ0n) is 23.2. The SMILES string of the molecule is CC[C@]1(O)[C@H](n2cnc3c(N)ncnc32)O[C@](C)(COP(=O)(OCOC(=O)C(C)C)OCOC(=O)C(C)C)[C@H]1O. The molecule has 4 N–H and O–H groups in total. The van der Waals surface area contributed by atoms with Crippen molar-refractivity contribution in [3.8, 4) is 0 Å². The van der Waals surface area contributed by atoms with E-state index in [4.69, 9.17) is 33.5 Å². The number of fused-ring (bicyclic) bond motifs is 1. The Morgan fingerprint density at radius 2 is 1.68 bits per heavy atom. The Morgan fingerprint density at radius 3 is 2.20 bits per heavy atom. The molecule has 3 heterocycles. The van der Waals surface area contributed by atoms with Crippen LogP contribution in [0.15, 0.2) is 12.7 Å². The smallest absolute Gasteiger partial charge is 0.438 e. The Balaban J connectivity index is 1.81. The standard InChI is InChI=1S/C23H36N5O11P/c1-7-23(32)20(31)22(6,39-21(23)28-10-27-15-16(24)25-9-26-17(15)28)8-36-40(33,37-11-34-18(29)13(2)3)38-12-35-19(30)14(4)5/h9-10,13-14,20-21,31-32H,7-8,11-12H2,1-6H3,(H2,24,25,26)/t20-,21-,22-,23-/m1/s1. The van der Waals surface area contributed by atoms with Gasteiger partial charge in [-0.05, 0) is 13.3 Å². The van der Waals surface area contributed by atoms with E-state index < -0.39 is 75.3 Å². The van der Waals surface area contributed by atoms with E-state index >= 15 is 0 Å². The molecular weight excluding hydrogens is 553 g/mol. The van der Waals surface area contributed by atoms with Crippen LogP contribution in [0.25, 0.3) is 11.2 Å². The molecule has 224 valence electrons. The number of phosphoric ester groups is 1. The summed E-state index contributed by atoms with van der Waals surface area (Å²) in [5.74, 6) is -2.12. The fraction of sp³-hybridized carbons (Fsp3) is 0.696. The lowest BCUT2D eigenvalue weighted by Crippen LogP contribution is -2.51. The van der Waals surface area contributed by atoms with E-state index in [1.165, 1.54) is 24.1 Å². The highest BCUT2D eigenvalue weighted by molar-refractivity contribution is 7.48. The van der Waals surface area contributed by atoms with Gasteiger partial charge in [0.05, 0.1) is 24.8 Å². The predicted octanol–water partition coefficient (Wildman–Crippen LogP) is 1.67. The quantitative estimate of drug-likeness (QED) is 0.172. The molecule has 0 amide bonds. The second kappa shape index (κ2) is 12.4. The van der Waals surface area contributed by atoms with Gasteiger partial charge in [-0.15, -0.1) is 0 Å². The maximum atomic E-state index is 13.4. The molecule has 40 heavy (non-hydrogen) atoms. The fourth-order valence-electron chi connectivity index (χ4n) is 3.86. The number of nitrogen functional groups attached to an aromatic ring is 1. The Labute approximate surface area is 230 Å². The van der Waals surface area contributed by atoms with Crippen molar-refractivity contribution in [1.29, 1.82) is 0 Å². The fourth-order valence-corrected chi connectivity index (χ4v) is 4.86. The zero-order valence-corrected chi connectivity index (χ0v) is 24.1. The number of esters is 2. The number of rotatable bonds is 13. The summed E-state index contributed by atoms with van der Waals surface area (Å²) >= 11 is 0. The summed E-state index contributed by atoms with van der Waals surface area (Å²) in [6.07, 6.45) is -0.227. The number of hydrogen-bond donors (Lipinski definition) is 3. The summed E-state index contributed by atoms with van der Waals surface area (Å²) in [5, 5.41) is 22.7. The van der Waals surface area contributed by atoms with Crippen LogP contribution in [-0.4, -0.2) is 79.2 Å². The largest absolute Gasteiger partial charge is 0.480 e. The minimum atomic E-state index is -4.57. The Hall–Kier alpha value is -2.72. The monoisotopic (exact) mass is 589 g/mol. The van der Waals surface area contributed by atoms with Crippen molar-refractivity contribution in [2.24, 2.45) is 11.8 Å². The van der Waals surface area contributed by atoms with Gasteiger partial charge in [0.1, 0.15) is 29.2 Å². The average molecular weight is 590 g/mol. The molecule has 1 saturated heterocycles. The molecule has 0 radical (unpaired) electrons. The van der Waals surface area contributed by atoms with Crippen LogP contribution >= 0.6 is 7.82 Å². The maximum Gasteiger partial charge on any atom is 0.480 e. The summed E-state index contributed by atoms with van der Waals surface area (Å²) in [6, 6.07) is 0. The number of aromatic nitrogens is 4. The molecule has 0 saturated carbocycles. The second-order valence-corrected chi connectivity index (χ2v) is 11.7. The van der Waals surface area contributed by atoms with Gasteiger partial charge in [0.25, 0.3) is 0 Å². The van der Waals surface area contributed by atoms with E-state index in [0.29, 0.717) is 0 Å². The van der Waals surface area contributed by atoms with Crippen LogP contribution in [0, 0.1) is 11.8 Å². The van der Waals surface area contributed by atoms with E-state index in [1.807, 2.05) is 0 Å². The topological polar surface area (TPSA) is 217 Å². The van der Waals surface area contributed by atoms with Crippen molar-refractivity contribution >= 4 is 36.7 Å². The number of imidazole rings is 1. The molecule has 0 bridgehead atoms. The third-order valence-corrected chi connectivity index (χ3v) is 7.63. The summed E-state index contributed by atoms with van der Waals surface area (Å²) in [4.78, 5) is 35.8. The highest BCUT2D eigenvalue weighted by Gasteiger charge is 2.62. The molecule has 2 aromatic rings. The van der Waals surface area contributed by atoms with Crippen LogP contribution < -0.4 is 5.73 Å². The Morgan fingerprint density at radius 1 is 1.10 bits per heavy atom. The van der Waals surface area contributed by atoms with E-state index in [-0.39, 0.29) is 23.4 Å². The number of aliphatic hydroxyl groups is 2. The van der Waals surface area contributed by atoms with Gasteiger partial charge in [-0.25, -0.2) is 28.6 Å². The lowest BCUT2D eigenvalue weighted by Gasteiger charge is -2.32. The number of carbonyl (C=O) groups is 2. The summed E-state index contributed by atoms with van der Waals surface area (Å²) in [6.45, 7) is 7.20. The van der Waals surface area contributed by atoms with Crippen LogP contribution in [0.3, 0.4) is 0 Å². The van der Waals surface area contributed by atoms with Gasteiger partial charge < -0.3 is 30.2 Å². The van der Waals surface area contributed by atoms with E-state index in [2.05, 4.69) is 15.0 Å². The third-order valence-electron chi connectivity index (χ3n) is 6.34. The van der Waals surface area contributed by atoms with Crippen molar-refractivity contribution in [3.63, 3.8) is 0 Å². The van der Waals surface area contributed by atoms with Gasteiger partial charge in [-0.2, -0.15) is 0 Å². The summed E-state index contributed by atoms with van der Waals surface area (Å²) in [5.41, 5.74) is 2.82. The van der Waals surface area contributed by atoms with Gasteiger partial charge in [0.2, 0.25) is 13.6 Å². The molecule has 1 fully saturated rings. The highest BCUT2D eigenvalue weighted by Crippen LogP contribution is 2.53. The molecule has 0 aliphatic carbocycles. The first-order valence-corrected chi connectivity index (χ1v) is 14.0. The molecule has 0 aromatic carbocycles. The van der Waals surface area contributed by atoms with Crippen LogP contribution in [0.2, 0.25) is 0 Å². The molecule has 16 nitrogen and oxygen atoms in total. The number of carbonyl (C=O) groups excluding carboxylic acids is 2. The van der Waals surface area contributed by atoms with Gasteiger partial charge in [-0.1, -0.05) is 34.6 Å². The number of phosphoric acid groups is 1. The Kier molecular flexibility index (Phi) is 9.88. The molecule has 0 spiro atoms. The minimum absolute atomic E-state index is 0.0234. The molecule has 4 atom stereocenters. The first-order chi connectivity index (χ1) is 18.7. The van der Waals surface area contributed by atoms with Crippen molar-refractivity contribution < 1.29 is 52.1 Å². The van der Waals surface area contributed by atoms with Crippen LogP contribution in [0.4, 0.5) is 5.82 Å². The zero-order chi connectivity index (χ0) is 29.9. The van der Waals surface area contributed by atoms with E-state index in [0.717, 1.165) is 0 Å². The number of nitrogens with two attached hydrogens (primary N) is 1. The second-order valence-electron chi connectivity index (χ2n) is 10.1.